The molecular weight excluding hydrogens is 200 g/mol. The van der Waals surface area contributed by atoms with Crippen LogP contribution in [0, 0.1) is 0 Å². The summed E-state index contributed by atoms with van der Waals surface area (Å²) in [6.07, 6.45) is 4.40. The number of nitrogens with one attached hydrogen (secondary N) is 2. The summed E-state index contributed by atoms with van der Waals surface area (Å²) in [6.45, 7) is 1.01. The zero-order chi connectivity index (χ0) is 11.0. The third kappa shape index (κ3) is 1.77. The molecule has 0 radical (unpaired) electrons. The van der Waals surface area contributed by atoms with Crippen LogP contribution in [-0.2, 0) is 6.42 Å². The predicted octanol–water partition coefficient (Wildman–Crippen LogP) is 1.94. The van der Waals surface area contributed by atoms with Crippen molar-refractivity contribution in [1.29, 1.82) is 0 Å². The summed E-state index contributed by atoms with van der Waals surface area (Å²) in [5.41, 5.74) is 3.18. The van der Waals surface area contributed by atoms with Gasteiger partial charge in [-0.2, -0.15) is 0 Å². The first-order valence-electron chi connectivity index (χ1n) is 6.01. The van der Waals surface area contributed by atoms with Crippen molar-refractivity contribution in [2.24, 2.45) is 0 Å². The van der Waals surface area contributed by atoms with Gasteiger partial charge in [-0.05, 0) is 43.4 Å². The number of benzene rings is 1. The molecule has 84 valence electrons. The number of amides is 1. The van der Waals surface area contributed by atoms with Crippen molar-refractivity contribution in [3.8, 4) is 0 Å². The zero-order valence-electron chi connectivity index (χ0n) is 9.25. The van der Waals surface area contributed by atoms with Gasteiger partial charge in [0.15, 0.2) is 0 Å². The van der Waals surface area contributed by atoms with Crippen LogP contribution < -0.4 is 10.6 Å². The fourth-order valence-corrected chi connectivity index (χ4v) is 2.21. The molecule has 16 heavy (non-hydrogen) atoms. The van der Waals surface area contributed by atoms with E-state index in [1.165, 1.54) is 5.56 Å². The highest BCUT2D eigenvalue weighted by molar-refractivity contribution is 5.97. The summed E-state index contributed by atoms with van der Waals surface area (Å²) in [5.74, 6) is 0.100. The summed E-state index contributed by atoms with van der Waals surface area (Å²) >= 11 is 0. The Labute approximate surface area is 95.2 Å². The minimum absolute atomic E-state index is 0.100. The van der Waals surface area contributed by atoms with Gasteiger partial charge in [-0.1, -0.05) is 6.07 Å². The number of rotatable bonds is 2. The molecule has 0 spiro atoms. The van der Waals surface area contributed by atoms with Gasteiger partial charge >= 0.3 is 0 Å². The molecule has 0 bridgehead atoms. The summed E-state index contributed by atoms with van der Waals surface area (Å²) < 4.78 is 0. The topological polar surface area (TPSA) is 41.1 Å². The molecular formula is C13H16N2O. The summed E-state index contributed by atoms with van der Waals surface area (Å²) in [7, 11) is 0. The molecule has 1 heterocycles. The fraction of sp³-hybridized carbons (Fsp3) is 0.462. The van der Waals surface area contributed by atoms with Crippen LogP contribution in [0.15, 0.2) is 18.2 Å². The maximum absolute atomic E-state index is 12.0. The molecule has 3 rings (SSSR count). The fourth-order valence-electron chi connectivity index (χ4n) is 2.21. The largest absolute Gasteiger partial charge is 0.385 e. The molecule has 2 aliphatic rings. The van der Waals surface area contributed by atoms with Gasteiger partial charge in [-0.25, -0.2) is 0 Å². The molecule has 1 saturated carbocycles. The second kappa shape index (κ2) is 3.81. The van der Waals surface area contributed by atoms with Crippen molar-refractivity contribution in [3.63, 3.8) is 0 Å². The highest BCUT2D eigenvalue weighted by atomic mass is 16.1. The quantitative estimate of drug-likeness (QED) is 0.793. The Morgan fingerprint density at radius 2 is 2.25 bits per heavy atom. The minimum atomic E-state index is 0.100. The maximum Gasteiger partial charge on any atom is 0.251 e. The number of carbonyl (C=O) groups excluding carboxylic acids is 1. The van der Waals surface area contributed by atoms with E-state index in [2.05, 4.69) is 16.7 Å². The molecule has 0 aromatic heterocycles. The Kier molecular flexibility index (Phi) is 2.31. The second-order valence-corrected chi connectivity index (χ2v) is 4.61. The van der Waals surface area contributed by atoms with Crippen molar-refractivity contribution in [2.75, 3.05) is 11.9 Å². The lowest BCUT2D eigenvalue weighted by molar-refractivity contribution is 0.0950. The first-order valence-corrected chi connectivity index (χ1v) is 6.01. The van der Waals surface area contributed by atoms with E-state index in [1.807, 2.05) is 12.1 Å². The molecule has 1 amide bonds. The van der Waals surface area contributed by atoms with E-state index < -0.39 is 0 Å². The Bertz CT molecular complexity index is 424. The lowest BCUT2D eigenvalue weighted by Crippen LogP contribution is -2.27. The zero-order valence-corrected chi connectivity index (χ0v) is 9.25. The van der Waals surface area contributed by atoms with E-state index in [1.54, 1.807) is 0 Å². The van der Waals surface area contributed by atoms with E-state index in [-0.39, 0.29) is 5.91 Å². The van der Waals surface area contributed by atoms with Crippen LogP contribution in [0.2, 0.25) is 0 Å². The van der Waals surface area contributed by atoms with Crippen LogP contribution in [0.25, 0.3) is 0 Å². The molecule has 0 saturated heterocycles. The monoisotopic (exact) mass is 216 g/mol. The lowest BCUT2D eigenvalue weighted by Gasteiger charge is -2.20. The SMILES string of the molecule is O=C(NC1CC1)c1cccc2c1CCCN2. The van der Waals surface area contributed by atoms with Crippen LogP contribution in [0.1, 0.15) is 35.2 Å². The molecule has 1 aromatic rings. The van der Waals surface area contributed by atoms with Gasteiger partial charge in [0.2, 0.25) is 0 Å². The molecule has 0 atom stereocenters. The van der Waals surface area contributed by atoms with Crippen LogP contribution >= 0.6 is 0 Å². The van der Waals surface area contributed by atoms with Crippen LogP contribution in [0.3, 0.4) is 0 Å². The van der Waals surface area contributed by atoms with E-state index in [9.17, 15) is 4.79 Å². The van der Waals surface area contributed by atoms with E-state index in [4.69, 9.17) is 0 Å². The number of hydrogen-bond acceptors (Lipinski definition) is 2. The van der Waals surface area contributed by atoms with Gasteiger partial charge in [0.1, 0.15) is 0 Å². The van der Waals surface area contributed by atoms with Gasteiger partial charge in [-0.3, -0.25) is 4.79 Å². The third-order valence-electron chi connectivity index (χ3n) is 3.25. The van der Waals surface area contributed by atoms with Gasteiger partial charge < -0.3 is 10.6 Å². The van der Waals surface area contributed by atoms with E-state index in [0.29, 0.717) is 6.04 Å². The first kappa shape index (κ1) is 9.70. The number of hydrogen-bond donors (Lipinski definition) is 2. The van der Waals surface area contributed by atoms with Crippen LogP contribution in [0.4, 0.5) is 5.69 Å². The van der Waals surface area contributed by atoms with Gasteiger partial charge in [0.25, 0.3) is 5.91 Å². The second-order valence-electron chi connectivity index (χ2n) is 4.61. The normalized spacial score (nSPS) is 18.5. The smallest absolute Gasteiger partial charge is 0.251 e. The Morgan fingerprint density at radius 1 is 1.38 bits per heavy atom. The minimum Gasteiger partial charge on any atom is -0.385 e. The average Bonchev–Trinajstić information content (AvgIpc) is 3.12. The van der Waals surface area contributed by atoms with Crippen LogP contribution in [0.5, 0.6) is 0 Å². The standard InChI is InChI=1S/C13H16N2O/c16-13(15-9-6-7-9)11-3-1-5-12-10(11)4-2-8-14-12/h1,3,5,9,14H,2,4,6-8H2,(H,15,16). The summed E-state index contributed by atoms with van der Waals surface area (Å²) in [5, 5.41) is 6.40. The highest BCUT2D eigenvalue weighted by Gasteiger charge is 2.25. The predicted molar refractivity (Wildman–Crippen MR) is 63.7 cm³/mol. The average molecular weight is 216 g/mol. The number of anilines is 1. The number of fused-ring (bicyclic) bond motifs is 1. The van der Waals surface area contributed by atoms with Crippen molar-refractivity contribution in [3.05, 3.63) is 29.3 Å². The molecule has 3 heteroatoms. The Balaban J connectivity index is 1.89. The van der Waals surface area contributed by atoms with Gasteiger partial charge in [-0.15, -0.1) is 0 Å². The molecule has 1 fully saturated rings. The first-order chi connectivity index (χ1) is 7.84. The Hall–Kier alpha value is -1.51. The number of carbonyl (C=O) groups is 1. The molecule has 2 N–H and O–H groups in total. The van der Waals surface area contributed by atoms with Crippen molar-refractivity contribution in [1.82, 2.24) is 5.32 Å². The van der Waals surface area contributed by atoms with Crippen molar-refractivity contribution in [2.45, 2.75) is 31.7 Å². The van der Waals surface area contributed by atoms with Gasteiger partial charge in [0.05, 0.1) is 0 Å². The van der Waals surface area contributed by atoms with E-state index >= 15 is 0 Å². The third-order valence-corrected chi connectivity index (χ3v) is 3.25. The van der Waals surface area contributed by atoms with Crippen molar-refractivity contribution >= 4 is 11.6 Å². The summed E-state index contributed by atoms with van der Waals surface area (Å²) in [4.78, 5) is 12.0. The summed E-state index contributed by atoms with van der Waals surface area (Å²) in [6, 6.07) is 6.38. The molecule has 1 aliphatic heterocycles. The maximum atomic E-state index is 12.0. The molecule has 3 nitrogen and oxygen atoms in total. The lowest BCUT2D eigenvalue weighted by atomic mass is 9.97. The Morgan fingerprint density at radius 3 is 3.06 bits per heavy atom. The highest BCUT2D eigenvalue weighted by Crippen LogP contribution is 2.26. The van der Waals surface area contributed by atoms with Crippen LogP contribution in [-0.4, -0.2) is 18.5 Å². The van der Waals surface area contributed by atoms with Gasteiger partial charge in [0, 0.05) is 23.8 Å². The molecule has 1 aliphatic carbocycles. The molecule has 1 aromatic carbocycles. The van der Waals surface area contributed by atoms with Crippen molar-refractivity contribution < 1.29 is 4.79 Å². The molecule has 0 unspecified atom stereocenters. The van der Waals surface area contributed by atoms with E-state index in [0.717, 1.165) is 43.5 Å².